The zero-order valence-electron chi connectivity index (χ0n) is 13.5. The number of halogens is 2. The van der Waals surface area contributed by atoms with Crippen molar-refractivity contribution in [2.45, 2.75) is 6.61 Å². The molecule has 2 heterocycles. The van der Waals surface area contributed by atoms with Gasteiger partial charge in [0.05, 0.1) is 12.2 Å². The summed E-state index contributed by atoms with van der Waals surface area (Å²) in [6, 6.07) is 13.0. The van der Waals surface area contributed by atoms with Gasteiger partial charge in [-0.3, -0.25) is 10.4 Å². The van der Waals surface area contributed by atoms with Gasteiger partial charge in [-0.05, 0) is 30.3 Å². The Balaban J connectivity index is 1.46. The Hall–Kier alpha value is -3.02. The van der Waals surface area contributed by atoms with Crippen LogP contribution in [-0.4, -0.2) is 18.1 Å². The maximum Gasteiger partial charge on any atom is 0.208 e. The third-order valence-corrected chi connectivity index (χ3v) is 4.19. The second-order valence-corrected chi connectivity index (χ2v) is 5.88. The Morgan fingerprint density at radius 3 is 2.60 bits per heavy atom. The van der Waals surface area contributed by atoms with Gasteiger partial charge in [0.1, 0.15) is 18.2 Å². The van der Waals surface area contributed by atoms with Gasteiger partial charge >= 0.3 is 0 Å². The Morgan fingerprint density at radius 1 is 1.00 bits per heavy atom. The molecule has 128 valence electrons. The van der Waals surface area contributed by atoms with Gasteiger partial charge in [0.15, 0.2) is 0 Å². The lowest BCUT2D eigenvalue weighted by molar-refractivity contribution is 0.141. The van der Waals surface area contributed by atoms with Crippen LogP contribution in [0.25, 0.3) is 0 Å². The maximum absolute atomic E-state index is 13.7. The van der Waals surface area contributed by atoms with E-state index >= 15 is 0 Å². The third-order valence-electron chi connectivity index (χ3n) is 4.19. The Labute approximate surface area is 144 Å². The first kappa shape index (κ1) is 15.5. The first-order chi connectivity index (χ1) is 12.2. The van der Waals surface area contributed by atoms with Crippen molar-refractivity contribution < 1.29 is 13.5 Å². The Morgan fingerprint density at radius 2 is 1.80 bits per heavy atom. The zero-order valence-corrected chi connectivity index (χ0v) is 13.5. The topological polar surface area (TPSA) is 27.7 Å². The molecule has 0 aromatic heterocycles. The Kier molecular flexibility index (Phi) is 4.01. The molecule has 1 N–H and O–H groups in total. The van der Waals surface area contributed by atoms with Gasteiger partial charge in [-0.25, -0.2) is 8.78 Å². The number of hydrazine groups is 1. The number of hydrogen-bond acceptors (Lipinski definition) is 4. The molecule has 0 atom stereocenters. The maximum atomic E-state index is 13.7. The second-order valence-electron chi connectivity index (χ2n) is 5.88. The van der Waals surface area contributed by atoms with Crippen LogP contribution in [0.15, 0.2) is 72.4 Å². The standard InChI is InChI=1S/C19H17F2N3O/c20-15-5-7-16(8-6-15)23-9-10-24-17(12-23)11-19(22-24)25-13-14-3-1-2-4-18(14)21/h1-8,11-12,22H,9-10,13H2. The number of allylic oxidation sites excluding steroid dienone is 1. The van der Waals surface area contributed by atoms with Crippen LogP contribution < -0.4 is 10.3 Å². The molecule has 25 heavy (non-hydrogen) atoms. The van der Waals surface area contributed by atoms with Crippen LogP contribution >= 0.6 is 0 Å². The van der Waals surface area contributed by atoms with Crippen molar-refractivity contribution in [1.82, 2.24) is 10.4 Å². The summed E-state index contributed by atoms with van der Waals surface area (Å²) in [7, 11) is 0. The molecule has 0 unspecified atom stereocenters. The van der Waals surface area contributed by atoms with Gasteiger partial charge in [-0.15, -0.1) is 0 Å². The smallest absolute Gasteiger partial charge is 0.208 e. The summed E-state index contributed by atoms with van der Waals surface area (Å²) in [4.78, 5) is 2.06. The highest BCUT2D eigenvalue weighted by Gasteiger charge is 2.24. The number of benzene rings is 2. The molecule has 0 spiro atoms. The number of anilines is 1. The number of ether oxygens (including phenoxy) is 1. The minimum Gasteiger partial charge on any atom is -0.473 e. The average molecular weight is 341 g/mol. The van der Waals surface area contributed by atoms with Crippen LogP contribution in [0.5, 0.6) is 0 Å². The fraction of sp³-hybridized carbons (Fsp3) is 0.158. The van der Waals surface area contributed by atoms with E-state index in [1.165, 1.54) is 18.2 Å². The predicted molar refractivity (Wildman–Crippen MR) is 90.9 cm³/mol. The SMILES string of the molecule is Fc1ccc(N2C=C3C=C(OCc4ccccc4F)NN3CC2)cc1. The van der Waals surface area contributed by atoms with E-state index in [4.69, 9.17) is 4.74 Å². The lowest BCUT2D eigenvalue weighted by atomic mass is 10.2. The first-order valence-electron chi connectivity index (χ1n) is 8.05. The van der Waals surface area contributed by atoms with E-state index < -0.39 is 0 Å². The molecule has 2 aliphatic heterocycles. The second kappa shape index (κ2) is 6.47. The van der Waals surface area contributed by atoms with Gasteiger partial charge in [-0.2, -0.15) is 0 Å². The number of nitrogens with zero attached hydrogens (tertiary/aromatic N) is 2. The quantitative estimate of drug-likeness (QED) is 0.921. The zero-order chi connectivity index (χ0) is 17.2. The summed E-state index contributed by atoms with van der Waals surface area (Å²) < 4.78 is 32.4. The summed E-state index contributed by atoms with van der Waals surface area (Å²) in [6.07, 6.45) is 3.85. The highest BCUT2D eigenvalue weighted by Crippen LogP contribution is 2.25. The number of nitrogens with one attached hydrogen (secondary N) is 1. The fourth-order valence-corrected chi connectivity index (χ4v) is 2.85. The van der Waals surface area contributed by atoms with Crippen LogP contribution in [0.1, 0.15) is 5.56 Å². The van der Waals surface area contributed by atoms with Crippen molar-refractivity contribution in [2.75, 3.05) is 18.0 Å². The normalized spacial score (nSPS) is 16.1. The van der Waals surface area contributed by atoms with Gasteiger partial charge < -0.3 is 9.64 Å². The van der Waals surface area contributed by atoms with Crippen molar-refractivity contribution >= 4 is 5.69 Å². The van der Waals surface area contributed by atoms with Crippen molar-refractivity contribution in [2.24, 2.45) is 0 Å². The van der Waals surface area contributed by atoms with Crippen molar-refractivity contribution in [3.05, 3.63) is 89.6 Å². The predicted octanol–water partition coefficient (Wildman–Crippen LogP) is 3.50. The van der Waals surface area contributed by atoms with Crippen molar-refractivity contribution in [1.29, 1.82) is 0 Å². The number of fused-ring (bicyclic) bond motifs is 1. The third kappa shape index (κ3) is 3.28. The van der Waals surface area contributed by atoms with Crippen LogP contribution in [-0.2, 0) is 11.3 Å². The highest BCUT2D eigenvalue weighted by atomic mass is 19.1. The lowest BCUT2D eigenvalue weighted by Crippen LogP contribution is -2.41. The summed E-state index contributed by atoms with van der Waals surface area (Å²) in [5.41, 5.74) is 5.55. The van der Waals surface area contributed by atoms with E-state index in [2.05, 4.69) is 10.3 Å². The molecule has 2 aromatic carbocycles. The van der Waals surface area contributed by atoms with Crippen LogP contribution in [0.2, 0.25) is 0 Å². The molecule has 0 radical (unpaired) electrons. The van der Waals surface area contributed by atoms with Crippen molar-refractivity contribution in [3.63, 3.8) is 0 Å². The number of hydrogen-bond donors (Lipinski definition) is 1. The van der Waals surface area contributed by atoms with E-state index in [0.29, 0.717) is 11.4 Å². The monoisotopic (exact) mass is 341 g/mol. The molecule has 2 aliphatic rings. The first-order valence-corrected chi connectivity index (χ1v) is 8.05. The van der Waals surface area contributed by atoms with E-state index in [0.717, 1.165) is 24.5 Å². The molecule has 0 bridgehead atoms. The van der Waals surface area contributed by atoms with E-state index in [1.54, 1.807) is 30.3 Å². The Bertz CT molecular complexity index is 833. The summed E-state index contributed by atoms with van der Waals surface area (Å²) in [6.45, 7) is 1.66. The molecule has 6 heteroatoms. The van der Waals surface area contributed by atoms with Gasteiger partial charge in [-0.1, -0.05) is 18.2 Å². The summed E-state index contributed by atoms with van der Waals surface area (Å²) in [5.74, 6) is 0.0530. The molecular formula is C19H17F2N3O. The van der Waals surface area contributed by atoms with Gasteiger partial charge in [0, 0.05) is 30.1 Å². The highest BCUT2D eigenvalue weighted by molar-refractivity contribution is 5.51. The number of rotatable bonds is 4. The van der Waals surface area contributed by atoms with Crippen LogP contribution in [0.3, 0.4) is 0 Å². The molecule has 0 saturated heterocycles. The van der Waals surface area contributed by atoms with E-state index in [1.807, 2.05) is 17.3 Å². The molecule has 4 nitrogen and oxygen atoms in total. The molecule has 0 saturated carbocycles. The molecule has 0 amide bonds. The molecule has 0 aliphatic carbocycles. The van der Waals surface area contributed by atoms with E-state index in [-0.39, 0.29) is 18.2 Å². The van der Waals surface area contributed by atoms with Gasteiger partial charge in [0.25, 0.3) is 0 Å². The molecule has 2 aromatic rings. The molecule has 4 rings (SSSR count). The average Bonchev–Trinajstić information content (AvgIpc) is 3.04. The lowest BCUT2D eigenvalue weighted by Gasteiger charge is -2.32. The van der Waals surface area contributed by atoms with Gasteiger partial charge in [0.2, 0.25) is 5.88 Å². The van der Waals surface area contributed by atoms with E-state index in [9.17, 15) is 8.78 Å². The molecule has 0 fully saturated rings. The minimum absolute atomic E-state index is 0.161. The summed E-state index contributed by atoms with van der Waals surface area (Å²) >= 11 is 0. The molecular weight excluding hydrogens is 324 g/mol. The largest absolute Gasteiger partial charge is 0.473 e. The fourth-order valence-electron chi connectivity index (χ4n) is 2.85. The van der Waals surface area contributed by atoms with Crippen molar-refractivity contribution in [3.8, 4) is 0 Å². The van der Waals surface area contributed by atoms with Crippen LogP contribution in [0, 0.1) is 11.6 Å². The summed E-state index contributed by atoms with van der Waals surface area (Å²) in [5, 5.41) is 1.97. The van der Waals surface area contributed by atoms with Crippen LogP contribution in [0.4, 0.5) is 14.5 Å². The minimum atomic E-state index is -0.277.